The normalized spacial score (nSPS) is 12.5. The molecule has 0 fully saturated rings. The lowest BCUT2D eigenvalue weighted by Gasteiger charge is -2.19. The first kappa shape index (κ1) is 24.7. The molecule has 35 heavy (non-hydrogen) atoms. The fraction of sp³-hybridized carbons (Fsp3) is 0.154. The van der Waals surface area contributed by atoms with Gasteiger partial charge in [0.1, 0.15) is 11.6 Å². The SMILES string of the molecule is Cc1ccc(S(=O)(=O)NC(C(=O)Oc2cc3oc(=O)c(C)c(C)c3cc2Cl)c2ccccc2)cc1. The van der Waals surface area contributed by atoms with E-state index < -0.39 is 27.7 Å². The molecule has 4 aromatic rings. The summed E-state index contributed by atoms with van der Waals surface area (Å²) in [5.74, 6) is -0.967. The van der Waals surface area contributed by atoms with Gasteiger partial charge in [-0.05, 0) is 50.1 Å². The van der Waals surface area contributed by atoms with Gasteiger partial charge >= 0.3 is 11.6 Å². The van der Waals surface area contributed by atoms with Crippen molar-refractivity contribution in [1.82, 2.24) is 4.72 Å². The van der Waals surface area contributed by atoms with Crippen molar-refractivity contribution in [3.8, 4) is 5.75 Å². The van der Waals surface area contributed by atoms with E-state index in [2.05, 4.69) is 4.72 Å². The van der Waals surface area contributed by atoms with Crippen LogP contribution in [0.15, 0.2) is 80.8 Å². The van der Waals surface area contributed by atoms with E-state index in [0.717, 1.165) is 5.56 Å². The maximum atomic E-state index is 13.3. The summed E-state index contributed by atoms with van der Waals surface area (Å²) in [5, 5.41) is 0.710. The molecule has 0 aliphatic carbocycles. The van der Waals surface area contributed by atoms with Gasteiger partial charge in [0.2, 0.25) is 10.0 Å². The minimum Gasteiger partial charge on any atom is -0.423 e. The third-order valence-electron chi connectivity index (χ3n) is 5.69. The molecule has 4 rings (SSSR count). The number of hydrogen-bond acceptors (Lipinski definition) is 6. The Kier molecular flexibility index (Phi) is 6.80. The molecule has 0 saturated heterocycles. The number of carbonyl (C=O) groups excluding carboxylic acids is 1. The van der Waals surface area contributed by atoms with Crippen molar-refractivity contribution in [2.24, 2.45) is 0 Å². The molecule has 7 nitrogen and oxygen atoms in total. The van der Waals surface area contributed by atoms with Gasteiger partial charge in [-0.15, -0.1) is 0 Å². The standard InChI is InChI=1S/C26H22ClNO6S/c1-15-9-11-19(12-10-15)35(31,32)28-24(18-7-5-4-6-8-18)26(30)34-23-14-22-20(13-21(23)27)16(2)17(3)25(29)33-22/h4-14,24,28H,1-3H3. The third-order valence-corrected chi connectivity index (χ3v) is 7.43. The summed E-state index contributed by atoms with van der Waals surface area (Å²) in [5.41, 5.74) is 2.11. The smallest absolute Gasteiger partial charge is 0.339 e. The van der Waals surface area contributed by atoms with Gasteiger partial charge in [0.15, 0.2) is 5.75 Å². The molecule has 0 saturated carbocycles. The summed E-state index contributed by atoms with van der Waals surface area (Å²) in [6, 6.07) is 16.1. The van der Waals surface area contributed by atoms with E-state index in [9.17, 15) is 18.0 Å². The molecule has 1 N–H and O–H groups in total. The van der Waals surface area contributed by atoms with Crippen LogP contribution < -0.4 is 15.1 Å². The second-order valence-electron chi connectivity index (χ2n) is 8.12. The summed E-state index contributed by atoms with van der Waals surface area (Å²) < 4.78 is 39.4. The molecule has 180 valence electrons. The van der Waals surface area contributed by atoms with Crippen LogP contribution in [0.3, 0.4) is 0 Å². The molecule has 1 unspecified atom stereocenters. The number of aryl methyl sites for hydroxylation is 2. The van der Waals surface area contributed by atoms with Crippen LogP contribution in [-0.2, 0) is 14.8 Å². The summed E-state index contributed by atoms with van der Waals surface area (Å²) in [7, 11) is -4.07. The van der Waals surface area contributed by atoms with E-state index in [0.29, 0.717) is 22.1 Å². The number of sulfonamides is 1. The minimum absolute atomic E-state index is 0.00758. The fourth-order valence-corrected chi connectivity index (χ4v) is 4.90. The van der Waals surface area contributed by atoms with Crippen molar-refractivity contribution in [3.63, 3.8) is 0 Å². The fourth-order valence-electron chi connectivity index (χ4n) is 3.53. The number of benzene rings is 3. The molecule has 1 heterocycles. The lowest BCUT2D eigenvalue weighted by Crippen LogP contribution is -2.36. The second-order valence-corrected chi connectivity index (χ2v) is 10.2. The van der Waals surface area contributed by atoms with Gasteiger partial charge in [-0.3, -0.25) is 0 Å². The Morgan fingerprint density at radius 1 is 0.971 bits per heavy atom. The number of ether oxygens (including phenoxy) is 1. The molecule has 0 radical (unpaired) electrons. The molecule has 1 atom stereocenters. The number of esters is 1. The molecule has 0 amide bonds. The Bertz CT molecular complexity index is 1580. The molecule has 0 bridgehead atoms. The number of rotatable bonds is 6. The molecule has 9 heteroatoms. The van der Waals surface area contributed by atoms with Crippen molar-refractivity contribution in [2.75, 3.05) is 0 Å². The first-order valence-electron chi connectivity index (χ1n) is 10.7. The average Bonchev–Trinajstić information content (AvgIpc) is 2.83. The highest BCUT2D eigenvalue weighted by Crippen LogP contribution is 2.33. The van der Waals surface area contributed by atoms with Crippen LogP contribution in [0, 0.1) is 20.8 Å². The van der Waals surface area contributed by atoms with Crippen LogP contribution in [0.2, 0.25) is 5.02 Å². The van der Waals surface area contributed by atoms with Crippen molar-refractivity contribution in [2.45, 2.75) is 31.7 Å². The minimum atomic E-state index is -4.07. The van der Waals surface area contributed by atoms with Gasteiger partial charge in [0, 0.05) is 17.0 Å². The average molecular weight is 512 g/mol. The van der Waals surface area contributed by atoms with Crippen LogP contribution in [0.25, 0.3) is 11.0 Å². The summed E-state index contributed by atoms with van der Waals surface area (Å²) >= 11 is 6.37. The quantitative estimate of drug-likeness (QED) is 0.222. The highest BCUT2D eigenvalue weighted by atomic mass is 35.5. The van der Waals surface area contributed by atoms with E-state index in [1.54, 1.807) is 62.4 Å². The summed E-state index contributed by atoms with van der Waals surface area (Å²) in [4.78, 5) is 25.4. The molecular formula is C26H22ClNO6S. The largest absolute Gasteiger partial charge is 0.423 e. The van der Waals surface area contributed by atoms with Gasteiger partial charge in [-0.1, -0.05) is 59.6 Å². The second kappa shape index (κ2) is 9.65. The third kappa shape index (κ3) is 5.14. The van der Waals surface area contributed by atoms with E-state index in [1.165, 1.54) is 18.2 Å². The Balaban J connectivity index is 1.71. The molecule has 0 aliphatic heterocycles. The van der Waals surface area contributed by atoms with Gasteiger partial charge in [-0.2, -0.15) is 4.72 Å². The van der Waals surface area contributed by atoms with E-state index in [-0.39, 0.29) is 21.3 Å². The molecule has 3 aromatic carbocycles. The highest BCUT2D eigenvalue weighted by Gasteiger charge is 2.29. The Morgan fingerprint density at radius 3 is 2.29 bits per heavy atom. The Morgan fingerprint density at radius 2 is 1.63 bits per heavy atom. The lowest BCUT2D eigenvalue weighted by atomic mass is 10.1. The number of fused-ring (bicyclic) bond motifs is 1. The van der Waals surface area contributed by atoms with Crippen molar-refractivity contribution in [3.05, 3.63) is 104 Å². The van der Waals surface area contributed by atoms with Crippen LogP contribution >= 0.6 is 11.6 Å². The van der Waals surface area contributed by atoms with Crippen LogP contribution in [0.1, 0.15) is 28.3 Å². The van der Waals surface area contributed by atoms with Gasteiger partial charge in [-0.25, -0.2) is 18.0 Å². The van der Waals surface area contributed by atoms with Crippen LogP contribution in [0.5, 0.6) is 5.75 Å². The molecule has 1 aromatic heterocycles. The Hall–Kier alpha value is -3.46. The number of halogens is 1. The predicted molar refractivity (Wildman–Crippen MR) is 133 cm³/mol. The van der Waals surface area contributed by atoms with Crippen LogP contribution in [-0.4, -0.2) is 14.4 Å². The number of nitrogens with one attached hydrogen (secondary N) is 1. The molecule has 0 aliphatic rings. The zero-order valence-electron chi connectivity index (χ0n) is 19.2. The molecule has 0 spiro atoms. The Labute approximate surface area is 207 Å². The maximum Gasteiger partial charge on any atom is 0.339 e. The number of hydrogen-bond donors (Lipinski definition) is 1. The van der Waals surface area contributed by atoms with Gasteiger partial charge in [0.05, 0.1) is 9.92 Å². The predicted octanol–water partition coefficient (Wildman–Crippen LogP) is 5.00. The maximum absolute atomic E-state index is 13.3. The first-order valence-corrected chi connectivity index (χ1v) is 12.5. The van der Waals surface area contributed by atoms with Gasteiger partial charge < -0.3 is 9.15 Å². The zero-order valence-corrected chi connectivity index (χ0v) is 20.7. The monoisotopic (exact) mass is 511 g/mol. The zero-order chi connectivity index (χ0) is 25.3. The van der Waals surface area contributed by atoms with Crippen LogP contribution in [0.4, 0.5) is 0 Å². The number of carbonyl (C=O) groups is 1. The molecular weight excluding hydrogens is 490 g/mol. The lowest BCUT2D eigenvalue weighted by molar-refractivity contribution is -0.136. The van der Waals surface area contributed by atoms with E-state index in [1.807, 2.05) is 6.92 Å². The van der Waals surface area contributed by atoms with E-state index >= 15 is 0 Å². The van der Waals surface area contributed by atoms with Crippen molar-refractivity contribution >= 4 is 38.6 Å². The summed E-state index contributed by atoms with van der Waals surface area (Å²) in [6.07, 6.45) is 0. The van der Waals surface area contributed by atoms with E-state index in [4.69, 9.17) is 20.8 Å². The topological polar surface area (TPSA) is 103 Å². The highest BCUT2D eigenvalue weighted by molar-refractivity contribution is 7.89. The van der Waals surface area contributed by atoms with Crippen molar-refractivity contribution in [1.29, 1.82) is 0 Å². The van der Waals surface area contributed by atoms with Gasteiger partial charge in [0.25, 0.3) is 0 Å². The first-order chi connectivity index (χ1) is 16.6. The van der Waals surface area contributed by atoms with Crippen molar-refractivity contribution < 1.29 is 22.4 Å². The summed E-state index contributed by atoms with van der Waals surface area (Å²) in [6.45, 7) is 5.25.